The third-order valence-electron chi connectivity index (χ3n) is 3.15. The maximum atomic E-state index is 12.0. The fraction of sp³-hybridized carbons (Fsp3) is 0.462. The number of hydrogen-bond donors (Lipinski definition) is 1. The second kappa shape index (κ2) is 5.96. The van der Waals surface area contributed by atoms with E-state index in [0.29, 0.717) is 0 Å². The second-order valence-electron chi connectivity index (χ2n) is 4.55. The Morgan fingerprint density at radius 3 is 2.72 bits per heavy atom. The van der Waals surface area contributed by atoms with Crippen LogP contribution in [0.1, 0.15) is 6.92 Å². The van der Waals surface area contributed by atoms with Gasteiger partial charge in [-0.05, 0) is 19.1 Å². The molecule has 5 heteroatoms. The van der Waals surface area contributed by atoms with Crippen molar-refractivity contribution in [1.82, 2.24) is 4.90 Å². The molecular formula is C13H20ClN3O. The molecule has 0 radical (unpaired) electrons. The molecule has 2 rings (SSSR count). The molecule has 100 valence electrons. The number of para-hydroxylation sites is 2. The van der Waals surface area contributed by atoms with Gasteiger partial charge in [0.2, 0.25) is 5.91 Å². The molecule has 1 aliphatic rings. The summed E-state index contributed by atoms with van der Waals surface area (Å²) in [7, 11) is 3.60. The summed E-state index contributed by atoms with van der Waals surface area (Å²) in [5, 5.41) is 3.35. The fourth-order valence-corrected chi connectivity index (χ4v) is 2.21. The first-order valence-corrected chi connectivity index (χ1v) is 5.92. The zero-order chi connectivity index (χ0) is 12.4. The Bertz CT molecular complexity index is 422. The summed E-state index contributed by atoms with van der Waals surface area (Å²) in [5.74, 6) is 0.140. The minimum atomic E-state index is -0.117. The third-order valence-corrected chi connectivity index (χ3v) is 3.15. The van der Waals surface area contributed by atoms with Gasteiger partial charge in [0, 0.05) is 27.2 Å². The van der Waals surface area contributed by atoms with Crippen LogP contribution in [0.25, 0.3) is 0 Å². The molecule has 1 aromatic carbocycles. The van der Waals surface area contributed by atoms with Crippen molar-refractivity contribution in [2.24, 2.45) is 0 Å². The predicted molar refractivity (Wildman–Crippen MR) is 77.7 cm³/mol. The molecule has 0 spiro atoms. The molecular weight excluding hydrogens is 250 g/mol. The molecule has 0 saturated carbocycles. The first-order chi connectivity index (χ1) is 8.11. The van der Waals surface area contributed by atoms with Gasteiger partial charge in [0.1, 0.15) is 6.04 Å². The SMILES string of the molecule is CC(C(=O)N(C)C)N1CCNc2ccccc21.Cl. The van der Waals surface area contributed by atoms with Gasteiger partial charge in [-0.25, -0.2) is 0 Å². The van der Waals surface area contributed by atoms with Crippen molar-refractivity contribution in [2.45, 2.75) is 13.0 Å². The molecule has 18 heavy (non-hydrogen) atoms. The number of carbonyl (C=O) groups is 1. The van der Waals surface area contributed by atoms with Crippen LogP contribution in [0.2, 0.25) is 0 Å². The average molecular weight is 270 g/mol. The van der Waals surface area contributed by atoms with E-state index in [1.54, 1.807) is 19.0 Å². The van der Waals surface area contributed by atoms with Gasteiger partial charge in [0.05, 0.1) is 11.4 Å². The Labute approximate surface area is 114 Å². The van der Waals surface area contributed by atoms with E-state index in [-0.39, 0.29) is 24.4 Å². The lowest BCUT2D eigenvalue weighted by Crippen LogP contribution is -2.48. The molecule has 1 unspecified atom stereocenters. The highest BCUT2D eigenvalue weighted by Crippen LogP contribution is 2.30. The maximum Gasteiger partial charge on any atom is 0.244 e. The lowest BCUT2D eigenvalue weighted by Gasteiger charge is -2.36. The standard InChI is InChI=1S/C13H19N3O.ClH/c1-10(13(17)15(2)3)16-9-8-14-11-6-4-5-7-12(11)16;/h4-7,10,14H,8-9H2,1-3H3;1H. The fourth-order valence-electron chi connectivity index (χ4n) is 2.21. The molecule has 1 N–H and O–H groups in total. The molecule has 0 fully saturated rings. The summed E-state index contributed by atoms with van der Waals surface area (Å²) < 4.78 is 0. The van der Waals surface area contributed by atoms with Crippen LogP contribution in [0, 0.1) is 0 Å². The highest BCUT2D eigenvalue weighted by Gasteiger charge is 2.26. The van der Waals surface area contributed by atoms with E-state index < -0.39 is 0 Å². The summed E-state index contributed by atoms with van der Waals surface area (Å²) in [6.07, 6.45) is 0. The Morgan fingerprint density at radius 2 is 2.06 bits per heavy atom. The largest absolute Gasteiger partial charge is 0.382 e. The molecule has 4 nitrogen and oxygen atoms in total. The van der Waals surface area contributed by atoms with Gasteiger partial charge >= 0.3 is 0 Å². The Hall–Kier alpha value is -1.42. The number of likely N-dealkylation sites (N-methyl/N-ethyl adjacent to an activating group) is 1. The zero-order valence-corrected chi connectivity index (χ0v) is 11.8. The summed E-state index contributed by atoms with van der Waals surface area (Å²) in [4.78, 5) is 15.8. The lowest BCUT2D eigenvalue weighted by molar-refractivity contribution is -0.129. The van der Waals surface area contributed by atoms with Gasteiger partial charge in [-0.3, -0.25) is 4.79 Å². The molecule has 0 bridgehead atoms. The van der Waals surface area contributed by atoms with Crippen LogP contribution in [0.4, 0.5) is 11.4 Å². The van der Waals surface area contributed by atoms with Gasteiger partial charge in [-0.15, -0.1) is 12.4 Å². The molecule has 1 heterocycles. The Morgan fingerprint density at radius 1 is 1.39 bits per heavy atom. The molecule has 0 aliphatic carbocycles. The van der Waals surface area contributed by atoms with Crippen molar-refractivity contribution in [1.29, 1.82) is 0 Å². The van der Waals surface area contributed by atoms with E-state index in [1.807, 2.05) is 25.1 Å². The number of nitrogens with zero attached hydrogens (tertiary/aromatic N) is 2. The average Bonchev–Trinajstić information content (AvgIpc) is 2.36. The summed E-state index contributed by atoms with van der Waals surface area (Å²) in [6, 6.07) is 8.00. The van der Waals surface area contributed by atoms with Crippen molar-refractivity contribution in [3.8, 4) is 0 Å². The smallest absolute Gasteiger partial charge is 0.244 e. The maximum absolute atomic E-state index is 12.0. The Kier molecular flexibility index (Phi) is 4.84. The lowest BCUT2D eigenvalue weighted by atomic mass is 10.1. The molecule has 0 saturated heterocycles. The minimum absolute atomic E-state index is 0. The van der Waals surface area contributed by atoms with Crippen molar-refractivity contribution >= 4 is 29.7 Å². The van der Waals surface area contributed by atoms with Crippen LogP contribution in [-0.4, -0.2) is 44.0 Å². The van der Waals surface area contributed by atoms with Crippen LogP contribution < -0.4 is 10.2 Å². The monoisotopic (exact) mass is 269 g/mol. The third kappa shape index (κ3) is 2.70. The van der Waals surface area contributed by atoms with Gasteiger partial charge < -0.3 is 15.1 Å². The van der Waals surface area contributed by atoms with Crippen LogP contribution in [0.5, 0.6) is 0 Å². The van der Waals surface area contributed by atoms with E-state index in [4.69, 9.17) is 0 Å². The van der Waals surface area contributed by atoms with E-state index in [0.717, 1.165) is 24.5 Å². The van der Waals surface area contributed by atoms with Crippen molar-refractivity contribution in [3.63, 3.8) is 0 Å². The van der Waals surface area contributed by atoms with Gasteiger partial charge in [0.25, 0.3) is 0 Å². The van der Waals surface area contributed by atoms with Crippen LogP contribution >= 0.6 is 12.4 Å². The number of rotatable bonds is 2. The molecule has 1 aromatic rings. The summed E-state index contributed by atoms with van der Waals surface area (Å²) in [5.41, 5.74) is 2.22. The molecule has 1 atom stereocenters. The molecule has 1 aliphatic heterocycles. The van der Waals surface area contributed by atoms with Crippen molar-refractivity contribution < 1.29 is 4.79 Å². The topological polar surface area (TPSA) is 35.6 Å². The normalized spacial score (nSPS) is 14.9. The minimum Gasteiger partial charge on any atom is -0.382 e. The number of carbonyl (C=O) groups excluding carboxylic acids is 1. The number of hydrogen-bond acceptors (Lipinski definition) is 3. The van der Waals surface area contributed by atoms with E-state index in [2.05, 4.69) is 16.3 Å². The first-order valence-electron chi connectivity index (χ1n) is 5.92. The number of halogens is 1. The van der Waals surface area contributed by atoms with Crippen LogP contribution in [0.3, 0.4) is 0 Å². The van der Waals surface area contributed by atoms with Gasteiger partial charge in [0.15, 0.2) is 0 Å². The summed E-state index contributed by atoms with van der Waals surface area (Å²) in [6.45, 7) is 3.70. The highest BCUT2D eigenvalue weighted by molar-refractivity contribution is 5.87. The van der Waals surface area contributed by atoms with E-state index in [1.165, 1.54) is 0 Å². The molecule has 0 aromatic heterocycles. The van der Waals surface area contributed by atoms with Crippen LogP contribution in [0.15, 0.2) is 24.3 Å². The van der Waals surface area contributed by atoms with Gasteiger partial charge in [-0.2, -0.15) is 0 Å². The highest BCUT2D eigenvalue weighted by atomic mass is 35.5. The number of amides is 1. The van der Waals surface area contributed by atoms with Crippen LogP contribution in [-0.2, 0) is 4.79 Å². The number of anilines is 2. The van der Waals surface area contributed by atoms with E-state index in [9.17, 15) is 4.79 Å². The number of fused-ring (bicyclic) bond motifs is 1. The first kappa shape index (κ1) is 14.6. The van der Waals surface area contributed by atoms with Crippen molar-refractivity contribution in [2.75, 3.05) is 37.4 Å². The number of benzene rings is 1. The summed E-state index contributed by atoms with van der Waals surface area (Å²) >= 11 is 0. The van der Waals surface area contributed by atoms with Crippen molar-refractivity contribution in [3.05, 3.63) is 24.3 Å². The zero-order valence-electron chi connectivity index (χ0n) is 11.0. The van der Waals surface area contributed by atoms with Gasteiger partial charge in [-0.1, -0.05) is 12.1 Å². The molecule has 1 amide bonds. The number of nitrogens with one attached hydrogen (secondary N) is 1. The Balaban J connectivity index is 0.00000162. The van der Waals surface area contributed by atoms with E-state index >= 15 is 0 Å². The second-order valence-corrected chi connectivity index (χ2v) is 4.55. The quantitative estimate of drug-likeness (QED) is 0.890. The predicted octanol–water partition coefficient (Wildman–Crippen LogP) is 1.82.